The van der Waals surface area contributed by atoms with Gasteiger partial charge in [0.1, 0.15) is 5.82 Å². The van der Waals surface area contributed by atoms with Gasteiger partial charge in [0.15, 0.2) is 0 Å². The molecule has 0 fully saturated rings. The summed E-state index contributed by atoms with van der Waals surface area (Å²) in [5.74, 6) is 0.509. The van der Waals surface area contributed by atoms with Gasteiger partial charge < -0.3 is 5.32 Å². The number of amides is 1. The molecule has 1 amide bonds. The van der Waals surface area contributed by atoms with Crippen LogP contribution in [0.4, 0.5) is 5.69 Å². The van der Waals surface area contributed by atoms with Crippen molar-refractivity contribution in [2.75, 3.05) is 5.32 Å². The Morgan fingerprint density at radius 3 is 2.55 bits per heavy atom. The molecule has 1 aromatic carbocycles. The molecule has 0 spiro atoms. The third-order valence-corrected chi connectivity index (χ3v) is 3.16. The Kier molecular flexibility index (Phi) is 3.94. The van der Waals surface area contributed by atoms with Crippen LogP contribution in [0.15, 0.2) is 22.7 Å². The molecule has 2 rings (SSSR count). The maximum absolute atomic E-state index is 12.1. The third kappa shape index (κ3) is 3.45. The van der Waals surface area contributed by atoms with Crippen LogP contribution in [0.25, 0.3) is 0 Å². The van der Waals surface area contributed by atoms with E-state index in [0.29, 0.717) is 11.5 Å². The van der Waals surface area contributed by atoms with Crippen LogP contribution in [0, 0.1) is 6.92 Å². The first-order valence-corrected chi connectivity index (χ1v) is 7.06. The lowest BCUT2D eigenvalue weighted by atomic mass is 9.96. The molecule has 0 aliphatic carbocycles. The van der Waals surface area contributed by atoms with Gasteiger partial charge in [-0.3, -0.25) is 9.89 Å². The largest absolute Gasteiger partial charge is 0.319 e. The van der Waals surface area contributed by atoms with Crippen LogP contribution < -0.4 is 5.32 Å². The van der Waals surface area contributed by atoms with Crippen LogP contribution in [0.1, 0.15) is 42.8 Å². The summed E-state index contributed by atoms with van der Waals surface area (Å²) in [4.78, 5) is 16.3. The van der Waals surface area contributed by atoms with Crippen molar-refractivity contribution in [1.82, 2.24) is 15.2 Å². The van der Waals surface area contributed by atoms with E-state index in [1.165, 1.54) is 0 Å². The van der Waals surface area contributed by atoms with Crippen LogP contribution in [0.2, 0.25) is 0 Å². The summed E-state index contributed by atoms with van der Waals surface area (Å²) in [5.41, 5.74) is 1.60. The molecule has 106 valence electrons. The minimum absolute atomic E-state index is 0.146. The van der Waals surface area contributed by atoms with Gasteiger partial charge in [-0.1, -0.05) is 36.7 Å². The number of carbonyl (C=O) groups excluding carboxylic acids is 1. The van der Waals surface area contributed by atoms with Gasteiger partial charge in [-0.15, -0.1) is 5.10 Å². The summed E-state index contributed by atoms with van der Waals surface area (Å²) >= 11 is 3.40. The van der Waals surface area contributed by atoms with E-state index in [9.17, 15) is 4.79 Å². The number of rotatable bonds is 2. The van der Waals surface area contributed by atoms with Gasteiger partial charge in [0.2, 0.25) is 5.82 Å². The van der Waals surface area contributed by atoms with Gasteiger partial charge in [0, 0.05) is 15.6 Å². The Hall–Kier alpha value is -1.69. The molecule has 6 heteroatoms. The van der Waals surface area contributed by atoms with Crippen LogP contribution in [-0.4, -0.2) is 21.1 Å². The van der Waals surface area contributed by atoms with Gasteiger partial charge in [0.25, 0.3) is 5.91 Å². The minimum atomic E-state index is -0.325. The topological polar surface area (TPSA) is 70.7 Å². The van der Waals surface area contributed by atoms with Crippen molar-refractivity contribution in [2.45, 2.75) is 33.1 Å². The predicted molar refractivity (Wildman–Crippen MR) is 81.9 cm³/mol. The Morgan fingerprint density at radius 1 is 1.30 bits per heavy atom. The molecule has 0 unspecified atom stereocenters. The smallest absolute Gasteiger partial charge is 0.295 e. The molecule has 0 saturated carbocycles. The number of H-pyrrole nitrogens is 1. The van der Waals surface area contributed by atoms with Gasteiger partial charge in [-0.05, 0) is 30.7 Å². The van der Waals surface area contributed by atoms with Crippen LogP contribution in [0.5, 0.6) is 0 Å². The highest BCUT2D eigenvalue weighted by Crippen LogP contribution is 2.20. The average Bonchev–Trinajstić information content (AvgIpc) is 2.75. The zero-order valence-electron chi connectivity index (χ0n) is 11.9. The van der Waals surface area contributed by atoms with E-state index in [1.807, 2.05) is 45.9 Å². The van der Waals surface area contributed by atoms with E-state index in [2.05, 4.69) is 36.4 Å². The molecule has 0 radical (unpaired) electrons. The number of nitrogens with zero attached hydrogens (tertiary/aromatic N) is 2. The number of hydrogen-bond donors (Lipinski definition) is 2. The van der Waals surface area contributed by atoms with Crippen LogP contribution in [-0.2, 0) is 5.41 Å². The Morgan fingerprint density at radius 2 is 2.00 bits per heavy atom. The van der Waals surface area contributed by atoms with Crippen molar-refractivity contribution in [3.63, 3.8) is 0 Å². The summed E-state index contributed by atoms with van der Waals surface area (Å²) in [6.45, 7) is 7.98. The molecule has 20 heavy (non-hydrogen) atoms. The number of nitrogens with one attached hydrogen (secondary N) is 2. The van der Waals surface area contributed by atoms with Gasteiger partial charge >= 0.3 is 0 Å². The predicted octanol–water partition coefficient (Wildman–Crippen LogP) is 3.43. The summed E-state index contributed by atoms with van der Waals surface area (Å²) in [7, 11) is 0. The number of carbonyl (C=O) groups is 1. The van der Waals surface area contributed by atoms with E-state index in [4.69, 9.17) is 0 Å². The molecule has 0 aliphatic heterocycles. The van der Waals surface area contributed by atoms with Gasteiger partial charge in [-0.2, -0.15) is 0 Å². The normalized spacial score (nSPS) is 11.4. The molecule has 2 N–H and O–H groups in total. The maximum Gasteiger partial charge on any atom is 0.295 e. The molecule has 0 aliphatic rings. The second-order valence-corrected chi connectivity index (χ2v) is 6.64. The monoisotopic (exact) mass is 336 g/mol. The zero-order valence-corrected chi connectivity index (χ0v) is 13.5. The van der Waals surface area contributed by atoms with E-state index in [0.717, 1.165) is 10.0 Å². The molecule has 0 atom stereocenters. The number of aromatic amines is 1. The van der Waals surface area contributed by atoms with Crippen molar-refractivity contribution < 1.29 is 4.79 Å². The molecular formula is C14H17BrN4O. The Balaban J connectivity index is 2.18. The zero-order chi connectivity index (χ0) is 14.9. The van der Waals surface area contributed by atoms with Crippen molar-refractivity contribution in [3.05, 3.63) is 39.9 Å². The first-order chi connectivity index (χ1) is 9.25. The van der Waals surface area contributed by atoms with E-state index in [-0.39, 0.29) is 17.1 Å². The fourth-order valence-electron chi connectivity index (χ4n) is 1.69. The van der Waals surface area contributed by atoms with Crippen LogP contribution in [0.3, 0.4) is 0 Å². The minimum Gasteiger partial charge on any atom is -0.319 e. The maximum atomic E-state index is 12.1. The lowest BCUT2D eigenvalue weighted by Crippen LogP contribution is -2.16. The standard InChI is InChI=1S/C14H17BrN4O/c1-8-5-9(15)7-10(6-8)16-12(20)11-17-13(19-18-11)14(2,3)4/h5-7H,1-4H3,(H,16,20)(H,17,18,19). The molecule has 0 saturated heterocycles. The first kappa shape index (κ1) is 14.7. The van der Waals surface area contributed by atoms with E-state index < -0.39 is 0 Å². The second-order valence-electron chi connectivity index (χ2n) is 5.73. The van der Waals surface area contributed by atoms with Crippen molar-refractivity contribution >= 4 is 27.5 Å². The summed E-state index contributed by atoms with van der Waals surface area (Å²) in [6.07, 6.45) is 0. The van der Waals surface area contributed by atoms with Crippen molar-refractivity contribution in [2.24, 2.45) is 0 Å². The molecule has 0 bridgehead atoms. The lowest BCUT2D eigenvalue weighted by Gasteiger charge is -2.12. The third-order valence-electron chi connectivity index (χ3n) is 2.70. The SMILES string of the molecule is Cc1cc(Br)cc(NC(=O)c2n[nH]c(C(C)(C)C)n2)c1. The highest BCUT2D eigenvalue weighted by molar-refractivity contribution is 9.10. The highest BCUT2D eigenvalue weighted by atomic mass is 79.9. The number of hydrogen-bond acceptors (Lipinski definition) is 3. The molecule has 1 aromatic heterocycles. The van der Waals surface area contributed by atoms with E-state index >= 15 is 0 Å². The highest BCUT2D eigenvalue weighted by Gasteiger charge is 2.21. The van der Waals surface area contributed by atoms with Gasteiger partial charge in [0.05, 0.1) is 0 Å². The van der Waals surface area contributed by atoms with Crippen LogP contribution >= 0.6 is 15.9 Å². The van der Waals surface area contributed by atoms with Crippen molar-refractivity contribution in [3.8, 4) is 0 Å². The quantitative estimate of drug-likeness (QED) is 0.882. The summed E-state index contributed by atoms with van der Waals surface area (Å²) in [6, 6.07) is 5.70. The van der Waals surface area contributed by atoms with E-state index in [1.54, 1.807) is 0 Å². The summed E-state index contributed by atoms with van der Waals surface area (Å²) < 4.78 is 0.915. The number of anilines is 1. The van der Waals surface area contributed by atoms with Crippen molar-refractivity contribution in [1.29, 1.82) is 0 Å². The molecule has 1 heterocycles. The lowest BCUT2D eigenvalue weighted by molar-refractivity contribution is 0.101. The molecular weight excluding hydrogens is 320 g/mol. The summed E-state index contributed by atoms with van der Waals surface area (Å²) in [5, 5.41) is 9.56. The fraction of sp³-hybridized carbons (Fsp3) is 0.357. The molecule has 5 nitrogen and oxygen atoms in total. The Labute approximate surface area is 126 Å². The fourth-order valence-corrected chi connectivity index (χ4v) is 2.30. The number of aromatic nitrogens is 3. The Bertz CT molecular complexity index is 623. The van der Waals surface area contributed by atoms with Gasteiger partial charge in [-0.25, -0.2) is 4.98 Å². The second kappa shape index (κ2) is 5.36. The average molecular weight is 337 g/mol. The molecule has 2 aromatic rings. The number of halogens is 1. The number of aryl methyl sites for hydroxylation is 1. The first-order valence-electron chi connectivity index (χ1n) is 6.27. The number of benzene rings is 1.